The molecule has 4 aromatic rings. The Morgan fingerprint density at radius 3 is 2.75 bits per heavy atom. The van der Waals surface area contributed by atoms with E-state index in [2.05, 4.69) is 24.8 Å². The quantitative estimate of drug-likeness (QED) is 0.409. The first kappa shape index (κ1) is 20.8. The molecule has 2 aromatic heterocycles. The van der Waals surface area contributed by atoms with E-state index < -0.39 is 6.29 Å². The summed E-state index contributed by atoms with van der Waals surface area (Å²) in [5.74, 6) is 0.572. The SMILES string of the molecule is CNc1ncnc2c1nc(Sc1ccc3c(c1)OC(F)(F)O3)n2CCc1ccccc1Cl. The summed E-state index contributed by atoms with van der Waals surface area (Å²) in [7, 11) is 1.76. The second-order valence-corrected chi connectivity index (χ2v) is 8.36. The van der Waals surface area contributed by atoms with E-state index in [4.69, 9.17) is 16.6 Å². The fraction of sp³-hybridized carbons (Fsp3) is 0.190. The second kappa shape index (κ2) is 8.10. The standard InChI is InChI=1S/C21H16ClF2N5O2S/c1-25-18-17-19(27-11-26-18)29(9-8-12-4-2-3-5-14(12)22)20(28-17)32-13-6-7-15-16(10-13)31-21(23,24)30-15/h2-7,10-11H,8-9H2,1H3,(H,25,26,27). The molecule has 164 valence electrons. The van der Waals surface area contributed by atoms with Crippen molar-refractivity contribution in [1.29, 1.82) is 0 Å². The van der Waals surface area contributed by atoms with Crippen molar-refractivity contribution in [2.24, 2.45) is 0 Å². The maximum atomic E-state index is 13.4. The Labute approximate surface area is 190 Å². The van der Waals surface area contributed by atoms with E-state index >= 15 is 0 Å². The number of aromatic nitrogens is 4. The summed E-state index contributed by atoms with van der Waals surface area (Å²) in [6.45, 7) is 0.561. The molecule has 0 unspecified atom stereocenters. The van der Waals surface area contributed by atoms with E-state index in [0.717, 1.165) is 5.56 Å². The average molecular weight is 476 g/mol. The molecule has 11 heteroatoms. The Morgan fingerprint density at radius 2 is 1.94 bits per heavy atom. The molecule has 0 amide bonds. The van der Waals surface area contributed by atoms with Crippen LogP contribution in [0, 0.1) is 0 Å². The third-order valence-electron chi connectivity index (χ3n) is 4.88. The lowest BCUT2D eigenvalue weighted by atomic mass is 10.1. The van der Waals surface area contributed by atoms with Crippen molar-refractivity contribution in [3.63, 3.8) is 0 Å². The molecule has 1 N–H and O–H groups in total. The van der Waals surface area contributed by atoms with Crippen molar-refractivity contribution in [3.05, 3.63) is 59.4 Å². The van der Waals surface area contributed by atoms with Crippen molar-refractivity contribution in [3.8, 4) is 11.5 Å². The van der Waals surface area contributed by atoms with Crippen LogP contribution in [0.3, 0.4) is 0 Å². The van der Waals surface area contributed by atoms with Gasteiger partial charge < -0.3 is 19.4 Å². The molecule has 3 heterocycles. The fourth-order valence-corrected chi connectivity index (χ4v) is 4.58. The molecule has 0 bridgehead atoms. The summed E-state index contributed by atoms with van der Waals surface area (Å²) in [5.41, 5.74) is 2.27. The number of anilines is 1. The number of aryl methyl sites for hydroxylation is 2. The summed E-state index contributed by atoms with van der Waals surface area (Å²) >= 11 is 7.63. The first-order valence-corrected chi connectivity index (χ1v) is 10.8. The van der Waals surface area contributed by atoms with Crippen LogP contribution in [0.4, 0.5) is 14.6 Å². The Morgan fingerprint density at radius 1 is 1.12 bits per heavy atom. The van der Waals surface area contributed by atoms with Gasteiger partial charge in [-0.3, -0.25) is 0 Å². The van der Waals surface area contributed by atoms with Crippen molar-refractivity contribution in [2.45, 2.75) is 29.3 Å². The lowest BCUT2D eigenvalue weighted by Gasteiger charge is -2.10. The fourth-order valence-electron chi connectivity index (χ4n) is 3.41. The van der Waals surface area contributed by atoms with Crippen LogP contribution in [0.25, 0.3) is 11.2 Å². The number of halogens is 3. The smallest absolute Gasteiger partial charge is 0.395 e. The molecular weight excluding hydrogens is 460 g/mol. The van der Waals surface area contributed by atoms with Crippen molar-refractivity contribution in [1.82, 2.24) is 19.5 Å². The zero-order valence-electron chi connectivity index (χ0n) is 16.7. The average Bonchev–Trinajstić information content (AvgIpc) is 3.27. The molecule has 0 saturated carbocycles. The number of nitrogens with zero attached hydrogens (tertiary/aromatic N) is 4. The minimum atomic E-state index is -3.66. The molecule has 5 rings (SSSR count). The maximum absolute atomic E-state index is 13.4. The normalized spacial score (nSPS) is 14.1. The number of nitrogens with one attached hydrogen (secondary N) is 1. The first-order chi connectivity index (χ1) is 15.4. The number of benzene rings is 2. The molecule has 0 aliphatic carbocycles. The Hall–Kier alpha value is -3.11. The highest BCUT2D eigenvalue weighted by Crippen LogP contribution is 2.44. The highest BCUT2D eigenvalue weighted by Gasteiger charge is 2.43. The third-order valence-corrected chi connectivity index (χ3v) is 6.23. The van der Waals surface area contributed by atoms with Gasteiger partial charge in [0.15, 0.2) is 33.6 Å². The number of alkyl halides is 2. The summed E-state index contributed by atoms with van der Waals surface area (Å²) in [4.78, 5) is 14.0. The summed E-state index contributed by atoms with van der Waals surface area (Å²) in [5, 5.41) is 4.35. The minimum Gasteiger partial charge on any atom is -0.395 e. The molecule has 7 nitrogen and oxygen atoms in total. The minimum absolute atomic E-state index is 0.00471. The van der Waals surface area contributed by atoms with Crippen molar-refractivity contribution >= 4 is 40.3 Å². The van der Waals surface area contributed by atoms with Crippen molar-refractivity contribution in [2.75, 3.05) is 12.4 Å². The molecule has 0 saturated heterocycles. The second-order valence-electron chi connectivity index (χ2n) is 6.91. The van der Waals surface area contributed by atoms with E-state index in [1.165, 1.54) is 30.2 Å². The molecule has 0 fully saturated rings. The van der Waals surface area contributed by atoms with Gasteiger partial charge in [0.1, 0.15) is 6.33 Å². The van der Waals surface area contributed by atoms with Crippen molar-refractivity contribution < 1.29 is 18.3 Å². The van der Waals surface area contributed by atoms with Crippen LogP contribution in [0.15, 0.2) is 58.8 Å². The molecule has 0 atom stereocenters. The largest absolute Gasteiger partial charge is 0.586 e. The Bertz CT molecular complexity index is 1320. The van der Waals surface area contributed by atoms with Gasteiger partial charge in [-0.25, -0.2) is 15.0 Å². The number of hydrogen-bond acceptors (Lipinski definition) is 7. The monoisotopic (exact) mass is 475 g/mol. The number of hydrogen-bond donors (Lipinski definition) is 1. The zero-order valence-corrected chi connectivity index (χ0v) is 18.3. The van der Waals surface area contributed by atoms with Gasteiger partial charge >= 0.3 is 6.29 Å². The summed E-state index contributed by atoms with van der Waals surface area (Å²) < 4.78 is 37.8. The van der Waals surface area contributed by atoms with E-state index in [9.17, 15) is 8.78 Å². The maximum Gasteiger partial charge on any atom is 0.586 e. The van der Waals surface area contributed by atoms with Gasteiger partial charge in [0, 0.05) is 23.5 Å². The van der Waals surface area contributed by atoms with Crippen LogP contribution in [0.1, 0.15) is 5.56 Å². The Kier molecular flexibility index (Phi) is 5.26. The summed E-state index contributed by atoms with van der Waals surface area (Å²) in [6, 6.07) is 12.3. The molecule has 0 radical (unpaired) electrons. The van der Waals surface area contributed by atoms with Crippen LogP contribution in [0.5, 0.6) is 11.5 Å². The predicted molar refractivity (Wildman–Crippen MR) is 117 cm³/mol. The number of rotatable bonds is 6. The van der Waals surface area contributed by atoms with Gasteiger partial charge in [0.2, 0.25) is 0 Å². The van der Waals surface area contributed by atoms with Crippen LogP contribution in [-0.4, -0.2) is 32.9 Å². The first-order valence-electron chi connectivity index (χ1n) is 9.63. The van der Waals surface area contributed by atoms with Gasteiger partial charge in [-0.1, -0.05) is 41.6 Å². The molecular formula is C21H16ClF2N5O2S. The topological polar surface area (TPSA) is 74.1 Å². The van der Waals surface area contributed by atoms with E-state index in [1.807, 2.05) is 28.8 Å². The lowest BCUT2D eigenvalue weighted by Crippen LogP contribution is -2.25. The van der Waals surface area contributed by atoms with Gasteiger partial charge in [-0.15, -0.1) is 8.78 Å². The molecule has 1 aliphatic rings. The lowest BCUT2D eigenvalue weighted by molar-refractivity contribution is -0.286. The van der Waals surface area contributed by atoms with E-state index in [1.54, 1.807) is 13.1 Å². The number of imidazole rings is 1. The van der Waals surface area contributed by atoms with E-state index in [0.29, 0.717) is 45.0 Å². The van der Waals surface area contributed by atoms with Gasteiger partial charge in [-0.2, -0.15) is 0 Å². The third kappa shape index (κ3) is 3.91. The summed E-state index contributed by atoms with van der Waals surface area (Å²) in [6.07, 6.45) is -1.53. The van der Waals surface area contributed by atoms with Crippen LogP contribution in [-0.2, 0) is 13.0 Å². The highest BCUT2D eigenvalue weighted by atomic mass is 35.5. The van der Waals surface area contributed by atoms with Gasteiger partial charge in [0.25, 0.3) is 0 Å². The zero-order chi connectivity index (χ0) is 22.3. The van der Waals surface area contributed by atoms with Crippen LogP contribution >= 0.6 is 23.4 Å². The number of ether oxygens (including phenoxy) is 2. The molecule has 1 aliphatic heterocycles. The predicted octanol–water partition coefficient (Wildman–Crippen LogP) is 5.24. The van der Waals surface area contributed by atoms with Gasteiger partial charge in [0.05, 0.1) is 0 Å². The molecule has 2 aromatic carbocycles. The molecule has 0 spiro atoms. The number of fused-ring (bicyclic) bond motifs is 2. The Balaban J connectivity index is 1.51. The molecule has 32 heavy (non-hydrogen) atoms. The van der Waals surface area contributed by atoms with Gasteiger partial charge in [-0.05, 0) is 36.2 Å². The highest BCUT2D eigenvalue weighted by molar-refractivity contribution is 7.99. The van der Waals surface area contributed by atoms with Crippen LogP contribution < -0.4 is 14.8 Å². The van der Waals surface area contributed by atoms with Crippen LogP contribution in [0.2, 0.25) is 5.02 Å². The van der Waals surface area contributed by atoms with E-state index in [-0.39, 0.29) is 11.5 Å².